The molecule has 0 saturated heterocycles. The summed E-state index contributed by atoms with van der Waals surface area (Å²) in [5.41, 5.74) is 0.291. The maximum absolute atomic E-state index is 11.6. The fourth-order valence-electron chi connectivity index (χ4n) is 3.08. The maximum Gasteiger partial charge on any atom is 0.270 e. The smallest absolute Gasteiger partial charge is 0.270 e. The van der Waals surface area contributed by atoms with Crippen LogP contribution in [0.3, 0.4) is 0 Å². The van der Waals surface area contributed by atoms with Gasteiger partial charge in [-0.3, -0.25) is 4.55 Å². The minimum Gasteiger partial charge on any atom is -0.285 e. The van der Waals surface area contributed by atoms with E-state index >= 15 is 0 Å². The van der Waals surface area contributed by atoms with Gasteiger partial charge in [-0.05, 0) is 38.0 Å². The Hall–Kier alpha value is -0.0900. The highest BCUT2D eigenvalue weighted by molar-refractivity contribution is 7.87. The molecule has 0 radical (unpaired) electrons. The number of rotatable bonds is 1. The normalized spacial score (nSPS) is 31.2. The van der Waals surface area contributed by atoms with Crippen LogP contribution in [0.4, 0.5) is 0 Å². The number of hydrogen-bond acceptors (Lipinski definition) is 2. The van der Waals surface area contributed by atoms with E-state index in [1.807, 2.05) is 0 Å². The Morgan fingerprint density at radius 2 is 1.16 bits per heavy atom. The zero-order valence-electron chi connectivity index (χ0n) is 12.7. The van der Waals surface area contributed by atoms with Crippen molar-refractivity contribution in [3.63, 3.8) is 0 Å². The van der Waals surface area contributed by atoms with Crippen molar-refractivity contribution in [1.29, 1.82) is 0 Å². The molecule has 0 amide bonds. The van der Waals surface area contributed by atoms with Gasteiger partial charge >= 0.3 is 0 Å². The van der Waals surface area contributed by atoms with Crippen molar-refractivity contribution < 1.29 is 13.0 Å². The lowest BCUT2D eigenvalue weighted by Crippen LogP contribution is -2.35. The lowest BCUT2D eigenvalue weighted by molar-refractivity contribution is 0.268. The highest BCUT2D eigenvalue weighted by atomic mass is 32.2. The van der Waals surface area contributed by atoms with Gasteiger partial charge in [0.15, 0.2) is 0 Å². The Balaban J connectivity index is 2.74. The van der Waals surface area contributed by atoms with E-state index in [-0.39, 0.29) is 0 Å². The van der Waals surface area contributed by atoms with Gasteiger partial charge in [0.25, 0.3) is 10.1 Å². The third kappa shape index (κ3) is 5.42. The average Bonchev–Trinajstić information content (AvgIpc) is 2.24. The molecule has 1 saturated carbocycles. The first-order valence-electron chi connectivity index (χ1n) is 7.63. The van der Waals surface area contributed by atoms with Crippen LogP contribution in [-0.2, 0) is 10.1 Å². The maximum atomic E-state index is 11.6. The second kappa shape index (κ2) is 6.57. The Bertz CT molecular complexity index is 373. The molecule has 1 atom stereocenters. The Morgan fingerprint density at radius 3 is 1.74 bits per heavy atom. The fraction of sp³-hybridized carbons (Fsp3) is 1.00. The van der Waals surface area contributed by atoms with E-state index in [1.165, 1.54) is 25.7 Å². The molecule has 0 aliphatic heterocycles. The molecule has 1 unspecified atom stereocenters. The van der Waals surface area contributed by atoms with Gasteiger partial charge in [0, 0.05) is 0 Å². The molecule has 1 rings (SSSR count). The van der Waals surface area contributed by atoms with Crippen molar-refractivity contribution in [2.75, 3.05) is 0 Å². The molecule has 1 fully saturated rings. The van der Waals surface area contributed by atoms with Crippen LogP contribution in [0.5, 0.6) is 0 Å². The van der Waals surface area contributed by atoms with Crippen LogP contribution in [0.15, 0.2) is 0 Å². The molecular formula is C15H30O3S. The van der Waals surface area contributed by atoms with Crippen LogP contribution in [0.25, 0.3) is 0 Å². The third-order valence-corrected chi connectivity index (χ3v) is 6.39. The summed E-state index contributed by atoms with van der Waals surface area (Å²) in [7, 11) is -3.95. The van der Waals surface area contributed by atoms with Gasteiger partial charge in [-0.1, -0.05) is 52.4 Å². The van der Waals surface area contributed by atoms with Crippen LogP contribution in [0.1, 0.15) is 85.0 Å². The lowest BCUT2D eigenvalue weighted by atomic mass is 9.80. The van der Waals surface area contributed by atoms with Crippen LogP contribution < -0.4 is 0 Å². The van der Waals surface area contributed by atoms with E-state index < -0.39 is 14.9 Å². The summed E-state index contributed by atoms with van der Waals surface area (Å²) in [6.07, 6.45) is 9.98. The molecular weight excluding hydrogens is 260 g/mol. The quantitative estimate of drug-likeness (QED) is 0.719. The summed E-state index contributed by atoms with van der Waals surface area (Å²) in [4.78, 5) is 0. The summed E-state index contributed by atoms with van der Waals surface area (Å²) >= 11 is 0. The van der Waals surface area contributed by atoms with Gasteiger partial charge in [0.05, 0.1) is 4.75 Å². The predicted octanol–water partition coefficient (Wildman–Crippen LogP) is 4.57. The lowest BCUT2D eigenvalue weighted by Gasteiger charge is -2.30. The second-order valence-corrected chi connectivity index (χ2v) is 9.15. The molecule has 0 aromatic heterocycles. The highest BCUT2D eigenvalue weighted by Gasteiger charge is 2.37. The average molecular weight is 290 g/mol. The number of hydrogen-bond donors (Lipinski definition) is 1. The molecule has 1 aliphatic carbocycles. The molecule has 114 valence electrons. The van der Waals surface area contributed by atoms with Gasteiger partial charge in [0.1, 0.15) is 0 Å². The molecule has 0 bridgehead atoms. The Morgan fingerprint density at radius 1 is 0.737 bits per heavy atom. The minimum absolute atomic E-state index is 0.291. The fourth-order valence-corrected chi connectivity index (χ4v) is 3.89. The van der Waals surface area contributed by atoms with Crippen LogP contribution >= 0.6 is 0 Å². The van der Waals surface area contributed by atoms with E-state index in [9.17, 15) is 13.0 Å². The summed E-state index contributed by atoms with van der Waals surface area (Å²) in [6.45, 7) is 6.24. The molecule has 1 N–H and O–H groups in total. The summed E-state index contributed by atoms with van der Waals surface area (Å²) in [5.74, 6) is 0. The van der Waals surface area contributed by atoms with Crippen molar-refractivity contribution >= 4 is 10.1 Å². The first-order chi connectivity index (χ1) is 8.66. The summed E-state index contributed by atoms with van der Waals surface area (Å²) in [5, 5.41) is 0. The van der Waals surface area contributed by atoms with Gasteiger partial charge in [-0.25, -0.2) is 0 Å². The topological polar surface area (TPSA) is 54.4 Å². The van der Waals surface area contributed by atoms with E-state index in [4.69, 9.17) is 0 Å². The molecule has 19 heavy (non-hydrogen) atoms. The van der Waals surface area contributed by atoms with E-state index in [0.29, 0.717) is 18.3 Å². The first kappa shape index (κ1) is 17.0. The SMILES string of the molecule is CC1(C)CCCCCCCC(C)(S(=O)(=O)O)CCC1. The first-order valence-corrected chi connectivity index (χ1v) is 9.07. The molecule has 0 aromatic rings. The molecule has 1 aliphatic rings. The van der Waals surface area contributed by atoms with Crippen molar-refractivity contribution in [2.45, 2.75) is 89.7 Å². The Kier molecular flexibility index (Phi) is 5.87. The standard InChI is InChI=1S/C15H30O3S/c1-14(2)10-7-5-4-6-8-12-15(3,13-9-11-14)19(16,17)18/h4-13H2,1-3H3,(H,16,17,18). The van der Waals surface area contributed by atoms with E-state index in [2.05, 4.69) is 13.8 Å². The van der Waals surface area contributed by atoms with Crippen LogP contribution in [0, 0.1) is 5.41 Å². The van der Waals surface area contributed by atoms with Crippen molar-refractivity contribution in [1.82, 2.24) is 0 Å². The van der Waals surface area contributed by atoms with Gasteiger partial charge in [0.2, 0.25) is 0 Å². The molecule has 3 nitrogen and oxygen atoms in total. The zero-order valence-corrected chi connectivity index (χ0v) is 13.6. The van der Waals surface area contributed by atoms with Crippen molar-refractivity contribution in [2.24, 2.45) is 5.41 Å². The largest absolute Gasteiger partial charge is 0.285 e. The van der Waals surface area contributed by atoms with Crippen LogP contribution in [-0.4, -0.2) is 17.7 Å². The third-order valence-electron chi connectivity index (χ3n) is 4.74. The molecule has 0 heterocycles. The highest BCUT2D eigenvalue weighted by Crippen LogP contribution is 2.35. The summed E-state index contributed by atoms with van der Waals surface area (Å²) < 4.78 is 31.9. The minimum atomic E-state index is -3.95. The summed E-state index contributed by atoms with van der Waals surface area (Å²) in [6, 6.07) is 0. The van der Waals surface area contributed by atoms with Crippen molar-refractivity contribution in [3.05, 3.63) is 0 Å². The van der Waals surface area contributed by atoms with Crippen molar-refractivity contribution in [3.8, 4) is 0 Å². The van der Waals surface area contributed by atoms with E-state index in [0.717, 1.165) is 25.7 Å². The van der Waals surface area contributed by atoms with Crippen LogP contribution in [0.2, 0.25) is 0 Å². The van der Waals surface area contributed by atoms with Gasteiger partial charge < -0.3 is 0 Å². The second-order valence-electron chi connectivity index (χ2n) is 7.21. The molecule has 0 spiro atoms. The molecule has 4 heteroatoms. The predicted molar refractivity (Wildman–Crippen MR) is 79.9 cm³/mol. The molecule has 0 aromatic carbocycles. The zero-order chi connectivity index (χ0) is 14.6. The Labute approximate surface area is 118 Å². The monoisotopic (exact) mass is 290 g/mol. The van der Waals surface area contributed by atoms with Gasteiger partial charge in [-0.15, -0.1) is 0 Å². The van der Waals surface area contributed by atoms with Gasteiger partial charge in [-0.2, -0.15) is 8.42 Å². The van der Waals surface area contributed by atoms with E-state index in [1.54, 1.807) is 6.92 Å².